The van der Waals surface area contributed by atoms with Crippen molar-refractivity contribution in [2.45, 2.75) is 27.2 Å². The summed E-state index contributed by atoms with van der Waals surface area (Å²) in [7, 11) is 0. The van der Waals surface area contributed by atoms with Gasteiger partial charge < -0.3 is 0 Å². The number of rotatable bonds is 6. The highest BCUT2D eigenvalue weighted by Crippen LogP contribution is 2.21. The van der Waals surface area contributed by atoms with Crippen molar-refractivity contribution in [1.82, 2.24) is 0 Å². The summed E-state index contributed by atoms with van der Waals surface area (Å²) in [6.45, 7) is 6.06. The quantitative estimate of drug-likeness (QED) is 0.342. The second-order valence-electron chi connectivity index (χ2n) is 5.71. The molecule has 2 aromatic rings. The summed E-state index contributed by atoms with van der Waals surface area (Å²) in [5.74, 6) is 0.0663. The van der Waals surface area contributed by atoms with Crippen molar-refractivity contribution >= 4 is 5.78 Å². The molecular formula is C23H24O. The minimum Gasteiger partial charge on any atom is -0.289 e. The first-order valence-electron chi connectivity index (χ1n) is 8.37. The zero-order valence-electron chi connectivity index (χ0n) is 14.6. The summed E-state index contributed by atoms with van der Waals surface area (Å²) >= 11 is 0. The van der Waals surface area contributed by atoms with Crippen LogP contribution >= 0.6 is 0 Å². The Morgan fingerprint density at radius 3 is 2.12 bits per heavy atom. The van der Waals surface area contributed by atoms with E-state index in [0.29, 0.717) is 0 Å². The van der Waals surface area contributed by atoms with Crippen molar-refractivity contribution < 1.29 is 4.79 Å². The van der Waals surface area contributed by atoms with Gasteiger partial charge in [-0.15, -0.1) is 0 Å². The summed E-state index contributed by atoms with van der Waals surface area (Å²) in [6.07, 6.45) is 8.73. The van der Waals surface area contributed by atoms with Crippen molar-refractivity contribution in [3.63, 3.8) is 0 Å². The van der Waals surface area contributed by atoms with Gasteiger partial charge in [0, 0.05) is 11.1 Å². The molecule has 122 valence electrons. The summed E-state index contributed by atoms with van der Waals surface area (Å²) in [4.78, 5) is 12.7. The van der Waals surface area contributed by atoms with Gasteiger partial charge in [0.05, 0.1) is 0 Å². The van der Waals surface area contributed by atoms with Gasteiger partial charge in [-0.3, -0.25) is 4.79 Å². The molecule has 0 saturated heterocycles. The molecule has 2 aromatic carbocycles. The van der Waals surface area contributed by atoms with Crippen LogP contribution in [0.3, 0.4) is 0 Å². The third-order valence-corrected chi connectivity index (χ3v) is 3.92. The minimum atomic E-state index is 0.0663. The van der Waals surface area contributed by atoms with Crippen LogP contribution in [0, 0.1) is 0 Å². The second kappa shape index (κ2) is 8.83. The maximum atomic E-state index is 12.7. The van der Waals surface area contributed by atoms with Gasteiger partial charge in [0.1, 0.15) is 0 Å². The minimum absolute atomic E-state index is 0.0663. The molecule has 1 nitrogen and oxygen atoms in total. The lowest BCUT2D eigenvalue weighted by molar-refractivity contribution is 0.103. The lowest BCUT2D eigenvalue weighted by atomic mass is 9.98. The zero-order chi connectivity index (χ0) is 17.4. The molecule has 0 saturated carbocycles. The van der Waals surface area contributed by atoms with Gasteiger partial charge in [-0.05, 0) is 31.4 Å². The lowest BCUT2D eigenvalue weighted by Gasteiger charge is -2.05. The van der Waals surface area contributed by atoms with Gasteiger partial charge in [0.25, 0.3) is 0 Å². The number of allylic oxidation sites excluding steroid dienone is 6. The van der Waals surface area contributed by atoms with E-state index in [1.807, 2.05) is 87.5 Å². The number of hydrogen-bond donors (Lipinski definition) is 0. The van der Waals surface area contributed by atoms with Crippen molar-refractivity contribution in [3.05, 3.63) is 95.6 Å². The first-order valence-corrected chi connectivity index (χ1v) is 8.37. The first kappa shape index (κ1) is 17.7. The highest BCUT2D eigenvalue weighted by Gasteiger charge is 2.09. The second-order valence-corrected chi connectivity index (χ2v) is 5.71. The number of Topliss-reactive ketones (excluding diaryl/α,β-unsaturated/α-hetero) is 1. The van der Waals surface area contributed by atoms with Crippen LogP contribution in [0.15, 0.2) is 90.0 Å². The topological polar surface area (TPSA) is 17.1 Å². The molecule has 0 N–H and O–H groups in total. The van der Waals surface area contributed by atoms with Crippen LogP contribution in [-0.2, 0) is 0 Å². The molecule has 1 heteroatoms. The molecule has 0 aliphatic rings. The van der Waals surface area contributed by atoms with E-state index in [0.717, 1.165) is 34.3 Å². The average molecular weight is 316 g/mol. The highest BCUT2D eigenvalue weighted by atomic mass is 16.1. The molecule has 0 spiro atoms. The van der Waals surface area contributed by atoms with E-state index in [9.17, 15) is 4.79 Å². The Kier molecular flexibility index (Phi) is 6.51. The van der Waals surface area contributed by atoms with Crippen molar-refractivity contribution in [3.8, 4) is 11.1 Å². The molecule has 0 aliphatic heterocycles. The molecule has 0 fully saturated rings. The van der Waals surface area contributed by atoms with E-state index < -0.39 is 0 Å². The van der Waals surface area contributed by atoms with E-state index in [2.05, 4.69) is 12.1 Å². The van der Waals surface area contributed by atoms with Crippen LogP contribution < -0.4 is 0 Å². The number of hydrogen-bond acceptors (Lipinski definition) is 1. The molecule has 0 amide bonds. The smallest absolute Gasteiger partial charge is 0.192 e. The zero-order valence-corrected chi connectivity index (χ0v) is 14.6. The predicted molar refractivity (Wildman–Crippen MR) is 103 cm³/mol. The Balaban J connectivity index is 2.24. The molecule has 0 unspecified atom stereocenters. The van der Waals surface area contributed by atoms with Crippen LogP contribution in [0.5, 0.6) is 0 Å². The fourth-order valence-electron chi connectivity index (χ4n) is 2.39. The van der Waals surface area contributed by atoms with E-state index in [1.165, 1.54) is 0 Å². The van der Waals surface area contributed by atoms with Crippen LogP contribution in [0.4, 0.5) is 0 Å². The van der Waals surface area contributed by atoms with Gasteiger partial charge in [-0.2, -0.15) is 0 Å². The third kappa shape index (κ3) is 4.66. The molecule has 0 aliphatic carbocycles. The van der Waals surface area contributed by atoms with Gasteiger partial charge in [0.15, 0.2) is 5.78 Å². The Morgan fingerprint density at radius 1 is 0.917 bits per heavy atom. The van der Waals surface area contributed by atoms with Crippen LogP contribution in [0.1, 0.15) is 37.6 Å². The van der Waals surface area contributed by atoms with Gasteiger partial charge >= 0.3 is 0 Å². The summed E-state index contributed by atoms with van der Waals surface area (Å²) in [5.41, 5.74) is 4.88. The fraction of sp³-hybridized carbons (Fsp3) is 0.174. The third-order valence-electron chi connectivity index (χ3n) is 3.92. The molecule has 0 atom stereocenters. The van der Waals surface area contributed by atoms with E-state index in [1.54, 1.807) is 0 Å². The van der Waals surface area contributed by atoms with Gasteiger partial charge in [-0.1, -0.05) is 91.4 Å². The molecule has 24 heavy (non-hydrogen) atoms. The molecule has 0 bridgehead atoms. The van der Waals surface area contributed by atoms with E-state index >= 15 is 0 Å². The van der Waals surface area contributed by atoms with Gasteiger partial charge in [-0.25, -0.2) is 0 Å². The predicted octanol–water partition coefficient (Wildman–Crippen LogP) is 6.40. The fourth-order valence-corrected chi connectivity index (χ4v) is 2.39. The van der Waals surface area contributed by atoms with Crippen molar-refractivity contribution in [2.24, 2.45) is 0 Å². The monoisotopic (exact) mass is 316 g/mol. The Bertz CT molecular complexity index is 759. The Labute approximate surface area is 145 Å². The van der Waals surface area contributed by atoms with Crippen molar-refractivity contribution in [1.29, 1.82) is 0 Å². The van der Waals surface area contributed by atoms with Crippen LogP contribution in [0.2, 0.25) is 0 Å². The number of carbonyl (C=O) groups excluding carboxylic acids is 1. The van der Waals surface area contributed by atoms with Crippen LogP contribution in [0.25, 0.3) is 11.1 Å². The maximum Gasteiger partial charge on any atom is 0.192 e. The summed E-state index contributed by atoms with van der Waals surface area (Å²) < 4.78 is 0. The molecule has 2 rings (SSSR count). The summed E-state index contributed by atoms with van der Waals surface area (Å²) in [6, 6.07) is 18.0. The van der Waals surface area contributed by atoms with Crippen molar-refractivity contribution in [2.75, 3.05) is 0 Å². The largest absolute Gasteiger partial charge is 0.289 e. The Hall–Kier alpha value is -2.67. The standard InChI is InChI=1S/C23H24O/c1-4-9-21(13-12-18(3)5-2)23(24)22-16-14-20(15-17-22)19-10-7-6-8-11-19/h5-17H,4H2,1-3H3/b13-12-,18-5-,21-9+. The normalized spacial score (nSPS) is 12.6. The first-order chi connectivity index (χ1) is 11.7. The molecule has 0 radical (unpaired) electrons. The summed E-state index contributed by atoms with van der Waals surface area (Å²) in [5, 5.41) is 0. The number of carbonyl (C=O) groups is 1. The SMILES string of the molecule is C\C=C(C)/C=C\C(=C/CC)C(=O)c1ccc(-c2ccccc2)cc1. The van der Waals surface area contributed by atoms with E-state index in [-0.39, 0.29) is 5.78 Å². The molecule has 0 heterocycles. The maximum absolute atomic E-state index is 12.7. The molecular weight excluding hydrogens is 292 g/mol. The average Bonchev–Trinajstić information content (AvgIpc) is 2.65. The van der Waals surface area contributed by atoms with Crippen LogP contribution in [-0.4, -0.2) is 5.78 Å². The number of benzene rings is 2. The highest BCUT2D eigenvalue weighted by molar-refractivity contribution is 6.10. The van der Waals surface area contributed by atoms with Gasteiger partial charge in [0.2, 0.25) is 0 Å². The Morgan fingerprint density at radius 2 is 1.54 bits per heavy atom. The molecule has 0 aromatic heterocycles. The number of ketones is 1. The lowest BCUT2D eigenvalue weighted by Crippen LogP contribution is -2.01. The van der Waals surface area contributed by atoms with E-state index in [4.69, 9.17) is 0 Å².